The molecular weight excluding hydrogens is 316 g/mol. The Bertz CT molecular complexity index is 728. The minimum atomic E-state index is -0.249. The number of nitrogens with zero attached hydrogens (tertiary/aromatic N) is 3. The van der Waals surface area contributed by atoms with Gasteiger partial charge >= 0.3 is 6.03 Å². The van der Waals surface area contributed by atoms with Crippen LogP contribution in [-0.4, -0.2) is 29.6 Å². The molecule has 2 rings (SSSR count). The van der Waals surface area contributed by atoms with Crippen molar-refractivity contribution in [2.24, 2.45) is 0 Å². The van der Waals surface area contributed by atoms with Crippen LogP contribution in [0.1, 0.15) is 30.6 Å². The van der Waals surface area contributed by atoms with Gasteiger partial charge < -0.3 is 15.0 Å². The maximum Gasteiger partial charge on any atom is 0.322 e. The van der Waals surface area contributed by atoms with Crippen LogP contribution >= 0.6 is 0 Å². The number of aromatic nitrogens is 1. The fourth-order valence-electron chi connectivity index (χ4n) is 2.36. The number of anilines is 1. The topological polar surface area (TPSA) is 78.2 Å². The number of urea groups is 1. The Kier molecular flexibility index (Phi) is 6.93. The number of hydrogen-bond acceptors (Lipinski definition) is 4. The lowest BCUT2D eigenvalue weighted by atomic mass is 10.1. The van der Waals surface area contributed by atoms with Gasteiger partial charge in [0.2, 0.25) is 0 Å². The molecule has 1 heterocycles. The van der Waals surface area contributed by atoms with Gasteiger partial charge in [0.15, 0.2) is 0 Å². The molecular formula is C19H22N4O2. The van der Waals surface area contributed by atoms with E-state index in [1.54, 1.807) is 24.4 Å². The lowest BCUT2D eigenvalue weighted by molar-refractivity contribution is 0.119. The van der Waals surface area contributed by atoms with E-state index in [0.29, 0.717) is 18.8 Å². The molecule has 0 radical (unpaired) electrons. The summed E-state index contributed by atoms with van der Waals surface area (Å²) >= 11 is 0. The first-order valence-corrected chi connectivity index (χ1v) is 8.08. The van der Waals surface area contributed by atoms with Crippen LogP contribution in [0, 0.1) is 11.3 Å². The number of nitrogens with one attached hydrogen (secondary N) is 1. The summed E-state index contributed by atoms with van der Waals surface area (Å²) in [6.45, 7) is 2.70. The zero-order valence-corrected chi connectivity index (χ0v) is 14.5. The zero-order valence-electron chi connectivity index (χ0n) is 14.5. The molecule has 0 aliphatic rings. The molecule has 0 aliphatic carbocycles. The molecule has 2 amide bonds. The predicted molar refractivity (Wildman–Crippen MR) is 95.8 cm³/mol. The first kappa shape index (κ1) is 18.4. The molecule has 1 aromatic carbocycles. The van der Waals surface area contributed by atoms with Crippen LogP contribution in [0.25, 0.3) is 0 Å². The number of benzene rings is 1. The number of methoxy groups -OCH3 is 1. The molecule has 0 aliphatic heterocycles. The Labute approximate surface area is 148 Å². The van der Waals surface area contributed by atoms with Gasteiger partial charge in [0.1, 0.15) is 0 Å². The highest BCUT2D eigenvalue weighted by Crippen LogP contribution is 2.20. The van der Waals surface area contributed by atoms with E-state index in [1.165, 1.54) is 0 Å². The maximum absolute atomic E-state index is 12.6. The quantitative estimate of drug-likeness (QED) is 0.834. The number of rotatable bonds is 7. The van der Waals surface area contributed by atoms with Crippen LogP contribution in [0.3, 0.4) is 0 Å². The summed E-state index contributed by atoms with van der Waals surface area (Å²) in [6.07, 6.45) is 3.62. The minimum Gasteiger partial charge on any atom is -0.377 e. The van der Waals surface area contributed by atoms with Crippen molar-refractivity contribution in [2.75, 3.05) is 19.0 Å². The Morgan fingerprint density at radius 2 is 2.24 bits per heavy atom. The molecule has 0 fully saturated rings. The second-order valence-corrected chi connectivity index (χ2v) is 5.62. The third kappa shape index (κ3) is 5.59. The van der Waals surface area contributed by atoms with Crippen molar-refractivity contribution in [3.8, 4) is 6.07 Å². The van der Waals surface area contributed by atoms with Gasteiger partial charge in [0.25, 0.3) is 0 Å². The Morgan fingerprint density at radius 3 is 2.92 bits per heavy atom. The number of ether oxygens (including phenoxy) is 1. The van der Waals surface area contributed by atoms with Crippen molar-refractivity contribution in [3.05, 3.63) is 59.9 Å². The van der Waals surface area contributed by atoms with Crippen LogP contribution in [0.2, 0.25) is 0 Å². The smallest absolute Gasteiger partial charge is 0.322 e. The zero-order chi connectivity index (χ0) is 18.1. The molecule has 0 saturated heterocycles. The largest absolute Gasteiger partial charge is 0.377 e. The first-order chi connectivity index (χ1) is 12.1. The normalized spacial score (nSPS) is 11.4. The van der Waals surface area contributed by atoms with E-state index in [4.69, 9.17) is 10.00 Å². The number of pyridine rings is 1. The molecule has 0 saturated carbocycles. The second-order valence-electron chi connectivity index (χ2n) is 5.62. The Morgan fingerprint density at radius 1 is 1.40 bits per heavy atom. The van der Waals surface area contributed by atoms with Gasteiger partial charge in [-0.2, -0.15) is 5.26 Å². The van der Waals surface area contributed by atoms with Crippen molar-refractivity contribution in [2.45, 2.75) is 26.0 Å². The van der Waals surface area contributed by atoms with Crippen molar-refractivity contribution in [1.29, 1.82) is 5.26 Å². The number of carbonyl (C=O) groups excluding carboxylic acids is 1. The van der Waals surface area contributed by atoms with E-state index in [1.807, 2.05) is 43.3 Å². The first-order valence-electron chi connectivity index (χ1n) is 8.08. The van der Waals surface area contributed by atoms with Gasteiger partial charge in [0, 0.05) is 38.3 Å². The minimum absolute atomic E-state index is 0.0538. The highest BCUT2D eigenvalue weighted by molar-refractivity contribution is 5.89. The summed E-state index contributed by atoms with van der Waals surface area (Å²) in [5, 5.41) is 11.7. The number of hydrogen-bond donors (Lipinski definition) is 1. The fraction of sp³-hybridized carbons (Fsp3) is 0.316. The molecule has 1 N–H and O–H groups in total. The summed E-state index contributed by atoms with van der Waals surface area (Å²) in [4.78, 5) is 18.3. The number of amides is 2. The highest BCUT2D eigenvalue weighted by atomic mass is 16.5. The lowest BCUT2D eigenvalue weighted by Gasteiger charge is -2.22. The van der Waals surface area contributed by atoms with Crippen LogP contribution in [0.5, 0.6) is 0 Å². The average molecular weight is 338 g/mol. The number of carbonyl (C=O) groups is 1. The molecule has 1 unspecified atom stereocenters. The van der Waals surface area contributed by atoms with Gasteiger partial charge in [-0.3, -0.25) is 4.98 Å². The summed E-state index contributed by atoms with van der Waals surface area (Å²) in [7, 11) is 1.65. The lowest BCUT2D eigenvalue weighted by Crippen LogP contribution is -2.35. The van der Waals surface area contributed by atoms with E-state index in [-0.39, 0.29) is 18.6 Å². The molecule has 6 heteroatoms. The van der Waals surface area contributed by atoms with Crippen LogP contribution < -0.4 is 5.32 Å². The monoisotopic (exact) mass is 338 g/mol. The Hall–Kier alpha value is -2.91. The van der Waals surface area contributed by atoms with Crippen LogP contribution in [0.4, 0.5) is 10.5 Å². The molecule has 0 spiro atoms. The van der Waals surface area contributed by atoms with Gasteiger partial charge in [-0.05, 0) is 36.2 Å². The molecule has 25 heavy (non-hydrogen) atoms. The van der Waals surface area contributed by atoms with Gasteiger partial charge in [0.05, 0.1) is 18.6 Å². The third-order valence-electron chi connectivity index (χ3n) is 3.84. The van der Waals surface area contributed by atoms with E-state index in [0.717, 1.165) is 11.1 Å². The molecule has 1 aromatic heterocycles. The summed E-state index contributed by atoms with van der Waals surface area (Å²) in [5.74, 6) is 0. The number of nitriles is 1. The van der Waals surface area contributed by atoms with Gasteiger partial charge in [-0.1, -0.05) is 18.2 Å². The molecule has 2 aromatic rings. The van der Waals surface area contributed by atoms with Crippen molar-refractivity contribution >= 4 is 11.7 Å². The van der Waals surface area contributed by atoms with Gasteiger partial charge in [-0.15, -0.1) is 0 Å². The molecule has 6 nitrogen and oxygen atoms in total. The van der Waals surface area contributed by atoms with Gasteiger partial charge in [-0.25, -0.2) is 4.79 Å². The third-order valence-corrected chi connectivity index (χ3v) is 3.84. The summed E-state index contributed by atoms with van der Waals surface area (Å²) < 4.78 is 5.31. The van der Waals surface area contributed by atoms with Crippen LogP contribution in [0.15, 0.2) is 48.8 Å². The molecule has 1 atom stereocenters. The SMILES string of the molecule is COC(C)c1cccc(NC(=O)N(CCC#N)Cc2cccnc2)c1. The van der Waals surface area contributed by atoms with Crippen molar-refractivity contribution in [1.82, 2.24) is 9.88 Å². The maximum atomic E-state index is 12.6. The van der Waals surface area contributed by atoms with E-state index >= 15 is 0 Å². The summed E-state index contributed by atoms with van der Waals surface area (Å²) in [5.41, 5.74) is 2.59. The van der Waals surface area contributed by atoms with E-state index < -0.39 is 0 Å². The molecule has 130 valence electrons. The van der Waals surface area contributed by atoms with Crippen molar-refractivity contribution < 1.29 is 9.53 Å². The Balaban J connectivity index is 2.10. The predicted octanol–water partition coefficient (Wildman–Crippen LogP) is 3.74. The second kappa shape index (κ2) is 9.40. The van der Waals surface area contributed by atoms with Crippen molar-refractivity contribution in [3.63, 3.8) is 0 Å². The fourth-order valence-corrected chi connectivity index (χ4v) is 2.36. The van der Waals surface area contributed by atoms with E-state index in [9.17, 15) is 4.79 Å². The molecule has 0 bridgehead atoms. The van der Waals surface area contributed by atoms with Crippen LogP contribution in [-0.2, 0) is 11.3 Å². The average Bonchev–Trinajstić information content (AvgIpc) is 2.65. The summed E-state index contributed by atoms with van der Waals surface area (Å²) in [6, 6.07) is 13.1. The highest BCUT2D eigenvalue weighted by Gasteiger charge is 2.15. The standard InChI is InChI=1S/C19H22N4O2/c1-15(25-2)17-7-3-8-18(12-17)22-19(24)23(11-5-9-20)14-16-6-4-10-21-13-16/h3-4,6-8,10,12-13,15H,5,11,14H2,1-2H3,(H,22,24). The van der Waals surface area contributed by atoms with E-state index in [2.05, 4.69) is 16.4 Å².